The lowest BCUT2D eigenvalue weighted by atomic mass is 10.0. The van der Waals surface area contributed by atoms with Gasteiger partial charge in [0.1, 0.15) is 11.9 Å². The van der Waals surface area contributed by atoms with E-state index in [2.05, 4.69) is 17.6 Å². The largest absolute Gasteiger partial charge is 0.352 e. The third-order valence-electron chi connectivity index (χ3n) is 3.97. The number of benzene rings is 1. The summed E-state index contributed by atoms with van der Waals surface area (Å²) in [5.74, 6) is -0.596. The number of carbonyl (C=O) groups is 2. The molecule has 1 fully saturated rings. The minimum absolute atomic E-state index is 0.232. The molecule has 0 unspecified atom stereocenters. The summed E-state index contributed by atoms with van der Waals surface area (Å²) in [5.41, 5.74) is 0.615. The van der Waals surface area contributed by atoms with E-state index in [1.807, 2.05) is 0 Å². The summed E-state index contributed by atoms with van der Waals surface area (Å²) in [5, 5.41) is 5.64. The molecule has 5 nitrogen and oxygen atoms in total. The number of nitrogens with zero attached hydrogens (tertiary/aromatic N) is 1. The van der Waals surface area contributed by atoms with E-state index in [0.29, 0.717) is 25.2 Å². The summed E-state index contributed by atoms with van der Waals surface area (Å²) in [4.78, 5) is 26.1. The molecule has 2 N–H and O–H groups in total. The van der Waals surface area contributed by atoms with Gasteiger partial charge in [-0.3, -0.25) is 4.79 Å². The number of amides is 3. The van der Waals surface area contributed by atoms with E-state index in [9.17, 15) is 14.0 Å². The molecule has 1 atom stereocenters. The fourth-order valence-electron chi connectivity index (χ4n) is 2.71. The van der Waals surface area contributed by atoms with Crippen LogP contribution in [0.2, 0.25) is 0 Å². The first kappa shape index (κ1) is 17.2. The van der Waals surface area contributed by atoms with Gasteiger partial charge in [-0.1, -0.05) is 38.3 Å². The van der Waals surface area contributed by atoms with Gasteiger partial charge in [-0.2, -0.15) is 0 Å². The number of hydrogen-bond donors (Lipinski definition) is 2. The van der Waals surface area contributed by atoms with Crippen LogP contribution in [-0.4, -0.2) is 36.5 Å². The summed E-state index contributed by atoms with van der Waals surface area (Å²) in [6, 6.07) is 4.75. The lowest BCUT2D eigenvalue weighted by molar-refractivity contribution is -0.127. The van der Waals surface area contributed by atoms with Crippen LogP contribution >= 0.6 is 0 Å². The molecular weight excluding hydrogens is 297 g/mol. The van der Waals surface area contributed by atoms with Crippen LogP contribution in [-0.2, 0) is 4.79 Å². The van der Waals surface area contributed by atoms with Crippen molar-refractivity contribution >= 4 is 11.9 Å². The molecular formula is C17H24FN3O2. The first-order chi connectivity index (χ1) is 11.1. The Hall–Kier alpha value is -2.11. The zero-order chi connectivity index (χ0) is 16.7. The van der Waals surface area contributed by atoms with Gasteiger partial charge in [0.25, 0.3) is 0 Å². The fourth-order valence-corrected chi connectivity index (χ4v) is 2.71. The maximum absolute atomic E-state index is 13.1. The highest BCUT2D eigenvalue weighted by Gasteiger charge is 2.34. The van der Waals surface area contributed by atoms with Crippen LogP contribution in [0.4, 0.5) is 9.18 Å². The molecule has 1 heterocycles. The molecule has 0 aliphatic carbocycles. The second kappa shape index (κ2) is 8.50. The Balaban J connectivity index is 2.00. The van der Waals surface area contributed by atoms with Crippen molar-refractivity contribution < 1.29 is 14.0 Å². The van der Waals surface area contributed by atoms with Gasteiger partial charge in [0, 0.05) is 19.6 Å². The van der Waals surface area contributed by atoms with Gasteiger partial charge in [-0.15, -0.1) is 0 Å². The van der Waals surface area contributed by atoms with Crippen LogP contribution < -0.4 is 10.6 Å². The van der Waals surface area contributed by atoms with Crippen LogP contribution in [0.25, 0.3) is 0 Å². The fraction of sp³-hybridized carbons (Fsp3) is 0.529. The number of nitrogens with one attached hydrogen (secondary N) is 2. The van der Waals surface area contributed by atoms with Gasteiger partial charge in [0.2, 0.25) is 5.91 Å². The molecule has 0 aromatic heterocycles. The van der Waals surface area contributed by atoms with E-state index >= 15 is 0 Å². The molecule has 1 aromatic carbocycles. The summed E-state index contributed by atoms with van der Waals surface area (Å²) < 4.78 is 13.1. The van der Waals surface area contributed by atoms with Crippen LogP contribution in [0.1, 0.15) is 44.2 Å². The molecule has 1 saturated heterocycles. The Morgan fingerprint density at radius 1 is 1.30 bits per heavy atom. The number of rotatable bonds is 6. The Labute approximate surface area is 136 Å². The summed E-state index contributed by atoms with van der Waals surface area (Å²) in [7, 11) is 0. The summed E-state index contributed by atoms with van der Waals surface area (Å²) in [6.07, 6.45) is 4.31. The van der Waals surface area contributed by atoms with Gasteiger partial charge in [0.15, 0.2) is 0 Å². The Kier molecular flexibility index (Phi) is 6.38. The zero-order valence-corrected chi connectivity index (χ0v) is 13.5. The quantitative estimate of drug-likeness (QED) is 0.791. The van der Waals surface area contributed by atoms with E-state index in [0.717, 1.165) is 25.7 Å². The first-order valence-corrected chi connectivity index (χ1v) is 8.21. The second-order valence-corrected chi connectivity index (χ2v) is 5.73. The van der Waals surface area contributed by atoms with E-state index in [1.165, 1.54) is 17.0 Å². The SMILES string of the molecule is CCCCCCNC(=O)N1CCNC(=O)[C@@H]1c1ccc(F)cc1. The van der Waals surface area contributed by atoms with E-state index < -0.39 is 6.04 Å². The van der Waals surface area contributed by atoms with Crippen molar-refractivity contribution in [1.82, 2.24) is 15.5 Å². The highest BCUT2D eigenvalue weighted by molar-refractivity contribution is 5.89. The first-order valence-electron chi connectivity index (χ1n) is 8.21. The normalized spacial score (nSPS) is 17.7. The molecule has 1 aromatic rings. The van der Waals surface area contributed by atoms with Gasteiger partial charge in [0.05, 0.1) is 0 Å². The van der Waals surface area contributed by atoms with Crippen molar-refractivity contribution in [2.45, 2.75) is 38.6 Å². The molecule has 126 valence electrons. The Morgan fingerprint density at radius 3 is 2.74 bits per heavy atom. The third-order valence-corrected chi connectivity index (χ3v) is 3.97. The van der Waals surface area contributed by atoms with Crippen molar-refractivity contribution in [2.75, 3.05) is 19.6 Å². The maximum Gasteiger partial charge on any atom is 0.318 e. The molecule has 3 amide bonds. The number of hydrogen-bond acceptors (Lipinski definition) is 2. The van der Waals surface area contributed by atoms with Crippen LogP contribution in [0.3, 0.4) is 0 Å². The van der Waals surface area contributed by atoms with Gasteiger partial charge >= 0.3 is 6.03 Å². The van der Waals surface area contributed by atoms with Gasteiger partial charge < -0.3 is 15.5 Å². The summed E-state index contributed by atoms with van der Waals surface area (Å²) >= 11 is 0. The molecule has 0 saturated carbocycles. The number of urea groups is 1. The smallest absolute Gasteiger partial charge is 0.318 e. The second-order valence-electron chi connectivity index (χ2n) is 5.73. The van der Waals surface area contributed by atoms with Gasteiger partial charge in [-0.25, -0.2) is 9.18 Å². The summed E-state index contributed by atoms with van der Waals surface area (Å²) in [6.45, 7) is 3.61. The van der Waals surface area contributed by atoms with Crippen molar-refractivity contribution in [1.29, 1.82) is 0 Å². The monoisotopic (exact) mass is 321 g/mol. The molecule has 0 spiro atoms. The van der Waals surface area contributed by atoms with Crippen molar-refractivity contribution in [2.24, 2.45) is 0 Å². The van der Waals surface area contributed by atoms with Crippen molar-refractivity contribution in [3.8, 4) is 0 Å². The minimum atomic E-state index is -0.708. The molecule has 1 aliphatic heterocycles. The van der Waals surface area contributed by atoms with Crippen LogP contribution in [0.15, 0.2) is 24.3 Å². The van der Waals surface area contributed by atoms with E-state index in [4.69, 9.17) is 0 Å². The highest BCUT2D eigenvalue weighted by atomic mass is 19.1. The molecule has 0 radical (unpaired) electrons. The molecule has 0 bridgehead atoms. The maximum atomic E-state index is 13.1. The molecule has 2 rings (SSSR count). The molecule has 1 aliphatic rings. The predicted molar refractivity (Wildman–Crippen MR) is 86.4 cm³/mol. The molecule has 23 heavy (non-hydrogen) atoms. The van der Waals surface area contributed by atoms with E-state index in [-0.39, 0.29) is 17.8 Å². The van der Waals surface area contributed by atoms with Crippen molar-refractivity contribution in [3.05, 3.63) is 35.6 Å². The number of piperazine rings is 1. The minimum Gasteiger partial charge on any atom is -0.352 e. The van der Waals surface area contributed by atoms with Gasteiger partial charge in [-0.05, 0) is 24.1 Å². The highest BCUT2D eigenvalue weighted by Crippen LogP contribution is 2.23. The number of carbonyl (C=O) groups excluding carboxylic acids is 2. The standard InChI is InChI=1S/C17H24FN3O2/c1-2-3-4-5-10-20-17(23)21-12-11-19-16(22)15(21)13-6-8-14(18)9-7-13/h6-9,15H,2-5,10-12H2,1H3,(H,19,22)(H,20,23)/t15-/m0/s1. The average molecular weight is 321 g/mol. The van der Waals surface area contributed by atoms with Crippen LogP contribution in [0, 0.1) is 5.82 Å². The lowest BCUT2D eigenvalue weighted by Gasteiger charge is -2.35. The third kappa shape index (κ3) is 4.68. The zero-order valence-electron chi connectivity index (χ0n) is 13.5. The topological polar surface area (TPSA) is 61.4 Å². The van der Waals surface area contributed by atoms with E-state index in [1.54, 1.807) is 12.1 Å². The average Bonchev–Trinajstić information content (AvgIpc) is 2.55. The number of halogens is 1. The Morgan fingerprint density at radius 2 is 2.04 bits per heavy atom. The van der Waals surface area contributed by atoms with Crippen molar-refractivity contribution in [3.63, 3.8) is 0 Å². The Bertz CT molecular complexity index is 533. The molecule has 6 heteroatoms. The number of unbranched alkanes of at least 4 members (excludes halogenated alkanes) is 3. The van der Waals surface area contributed by atoms with Crippen LogP contribution in [0.5, 0.6) is 0 Å². The predicted octanol–water partition coefficient (Wildman–Crippen LogP) is 2.59. The lowest BCUT2D eigenvalue weighted by Crippen LogP contribution is -2.54.